The highest BCUT2D eigenvalue weighted by molar-refractivity contribution is 5.52. The van der Waals surface area contributed by atoms with Gasteiger partial charge in [-0.3, -0.25) is 4.68 Å². The first-order valence-corrected chi connectivity index (χ1v) is 7.89. The average Bonchev–Trinajstić information content (AvgIpc) is 2.99. The minimum atomic E-state index is 0.142. The van der Waals surface area contributed by atoms with Gasteiger partial charge in [0.15, 0.2) is 0 Å². The van der Waals surface area contributed by atoms with Crippen molar-refractivity contribution in [3.8, 4) is 0 Å². The lowest BCUT2D eigenvalue weighted by Gasteiger charge is -2.30. The minimum Gasteiger partial charge on any atom is -0.353 e. The van der Waals surface area contributed by atoms with Crippen molar-refractivity contribution >= 4 is 5.82 Å². The van der Waals surface area contributed by atoms with Crippen molar-refractivity contribution in [1.29, 1.82) is 0 Å². The first-order chi connectivity index (χ1) is 9.35. The number of aryl methyl sites for hydroxylation is 2. The van der Waals surface area contributed by atoms with Gasteiger partial charge in [0.1, 0.15) is 5.82 Å². The molecule has 1 aromatic rings. The van der Waals surface area contributed by atoms with E-state index in [1.54, 1.807) is 0 Å². The van der Waals surface area contributed by atoms with E-state index in [4.69, 9.17) is 0 Å². The average molecular weight is 276 g/mol. The Hall–Kier alpha value is -1.03. The molecule has 4 heteroatoms. The van der Waals surface area contributed by atoms with Crippen LogP contribution in [0.15, 0.2) is 0 Å². The van der Waals surface area contributed by atoms with Gasteiger partial charge in [-0.2, -0.15) is 5.10 Å². The van der Waals surface area contributed by atoms with Crippen LogP contribution in [-0.4, -0.2) is 27.9 Å². The lowest BCUT2D eigenvalue weighted by molar-refractivity contribution is 0.423. The first kappa shape index (κ1) is 13.9. The fourth-order valence-electron chi connectivity index (χ4n) is 3.79. The predicted octanol–water partition coefficient (Wildman–Crippen LogP) is 2.61. The molecule has 1 aliphatic carbocycles. The minimum absolute atomic E-state index is 0.142. The highest BCUT2D eigenvalue weighted by atomic mass is 15.4. The van der Waals surface area contributed by atoms with Crippen molar-refractivity contribution in [2.75, 3.05) is 11.4 Å². The molecule has 3 rings (SSSR count). The number of hydrogen-bond donors (Lipinski definition) is 1. The van der Waals surface area contributed by atoms with Gasteiger partial charge in [-0.05, 0) is 52.9 Å². The van der Waals surface area contributed by atoms with Crippen LogP contribution in [0, 0.1) is 12.8 Å². The summed E-state index contributed by atoms with van der Waals surface area (Å²) in [6.45, 7) is 10.9. The second-order valence-electron chi connectivity index (χ2n) is 7.60. The molecule has 2 aliphatic rings. The second kappa shape index (κ2) is 4.76. The van der Waals surface area contributed by atoms with Crippen molar-refractivity contribution < 1.29 is 0 Å². The van der Waals surface area contributed by atoms with Gasteiger partial charge in [0.2, 0.25) is 0 Å². The molecule has 2 fully saturated rings. The highest BCUT2D eigenvalue weighted by Gasteiger charge is 2.40. The van der Waals surface area contributed by atoms with Crippen LogP contribution in [0.2, 0.25) is 0 Å². The zero-order valence-corrected chi connectivity index (χ0v) is 13.5. The molecule has 0 amide bonds. The molecule has 20 heavy (non-hydrogen) atoms. The maximum Gasteiger partial charge on any atom is 0.131 e. The largest absolute Gasteiger partial charge is 0.353 e. The number of anilines is 1. The van der Waals surface area contributed by atoms with Crippen LogP contribution in [0.4, 0.5) is 5.82 Å². The Morgan fingerprint density at radius 1 is 1.30 bits per heavy atom. The summed E-state index contributed by atoms with van der Waals surface area (Å²) in [4.78, 5) is 2.62. The van der Waals surface area contributed by atoms with E-state index in [9.17, 15) is 0 Å². The van der Waals surface area contributed by atoms with E-state index in [0.717, 1.165) is 18.5 Å². The molecule has 1 N–H and O–H groups in total. The van der Waals surface area contributed by atoms with Crippen LogP contribution >= 0.6 is 0 Å². The zero-order valence-electron chi connectivity index (χ0n) is 13.5. The van der Waals surface area contributed by atoms with Crippen LogP contribution in [0.1, 0.15) is 51.3 Å². The molecule has 112 valence electrons. The monoisotopic (exact) mass is 276 g/mol. The van der Waals surface area contributed by atoms with Crippen molar-refractivity contribution in [3.05, 3.63) is 11.3 Å². The summed E-state index contributed by atoms with van der Waals surface area (Å²) in [5.41, 5.74) is 2.70. The Morgan fingerprint density at radius 3 is 2.60 bits per heavy atom. The van der Waals surface area contributed by atoms with Gasteiger partial charge in [0, 0.05) is 37.3 Å². The summed E-state index contributed by atoms with van der Waals surface area (Å²) in [7, 11) is 2.09. The fraction of sp³-hybridized carbons (Fsp3) is 0.812. The molecule has 1 aromatic heterocycles. The van der Waals surface area contributed by atoms with Crippen molar-refractivity contribution in [2.45, 2.75) is 65.1 Å². The lowest BCUT2D eigenvalue weighted by Crippen LogP contribution is -2.37. The molecule has 2 bridgehead atoms. The van der Waals surface area contributed by atoms with E-state index in [0.29, 0.717) is 0 Å². The van der Waals surface area contributed by atoms with E-state index < -0.39 is 0 Å². The standard InChI is InChI=1S/C16H28N4/c1-11-14(9-17-16(2,3)4)15(19(5)18-11)20-10-12-6-7-13(20)8-12/h12-13,17H,6-10H2,1-5H3. The number of aromatic nitrogens is 2. The summed E-state index contributed by atoms with van der Waals surface area (Å²) in [5, 5.41) is 8.30. The molecule has 4 nitrogen and oxygen atoms in total. The van der Waals surface area contributed by atoms with Gasteiger partial charge in [-0.1, -0.05) is 0 Å². The Kier molecular flexibility index (Phi) is 3.32. The molecule has 1 saturated heterocycles. The maximum atomic E-state index is 4.67. The van der Waals surface area contributed by atoms with Gasteiger partial charge < -0.3 is 10.2 Å². The van der Waals surface area contributed by atoms with Gasteiger partial charge in [-0.15, -0.1) is 0 Å². The van der Waals surface area contributed by atoms with Gasteiger partial charge in [0.25, 0.3) is 0 Å². The number of piperidine rings is 1. The topological polar surface area (TPSA) is 33.1 Å². The third kappa shape index (κ3) is 2.46. The number of rotatable bonds is 3. The van der Waals surface area contributed by atoms with Crippen LogP contribution in [0.25, 0.3) is 0 Å². The Morgan fingerprint density at radius 2 is 2.05 bits per heavy atom. The summed E-state index contributed by atoms with van der Waals surface area (Å²) in [6.07, 6.45) is 4.17. The predicted molar refractivity (Wildman–Crippen MR) is 83.0 cm³/mol. The van der Waals surface area contributed by atoms with Crippen LogP contribution in [0.5, 0.6) is 0 Å². The quantitative estimate of drug-likeness (QED) is 0.921. The lowest BCUT2D eigenvalue weighted by atomic mass is 10.1. The first-order valence-electron chi connectivity index (χ1n) is 7.89. The van der Waals surface area contributed by atoms with Crippen LogP contribution in [-0.2, 0) is 13.6 Å². The molecule has 2 atom stereocenters. The third-order valence-electron chi connectivity index (χ3n) is 4.79. The van der Waals surface area contributed by atoms with Gasteiger partial charge in [-0.25, -0.2) is 0 Å². The van der Waals surface area contributed by atoms with Crippen LogP contribution in [0.3, 0.4) is 0 Å². The fourth-order valence-corrected chi connectivity index (χ4v) is 3.79. The Labute approximate surface area is 122 Å². The number of hydrogen-bond acceptors (Lipinski definition) is 3. The summed E-state index contributed by atoms with van der Waals surface area (Å²) >= 11 is 0. The van der Waals surface area contributed by atoms with E-state index in [2.05, 4.69) is 54.7 Å². The molecule has 2 heterocycles. The Bertz CT molecular complexity index is 497. The van der Waals surface area contributed by atoms with E-state index in [1.165, 1.54) is 42.9 Å². The third-order valence-corrected chi connectivity index (χ3v) is 4.79. The van der Waals surface area contributed by atoms with Crippen molar-refractivity contribution in [1.82, 2.24) is 15.1 Å². The van der Waals surface area contributed by atoms with Gasteiger partial charge >= 0.3 is 0 Å². The summed E-state index contributed by atoms with van der Waals surface area (Å²) < 4.78 is 2.09. The zero-order chi connectivity index (χ0) is 14.5. The maximum absolute atomic E-state index is 4.67. The second-order valence-corrected chi connectivity index (χ2v) is 7.60. The molecular weight excluding hydrogens is 248 g/mol. The van der Waals surface area contributed by atoms with Crippen molar-refractivity contribution in [3.63, 3.8) is 0 Å². The smallest absolute Gasteiger partial charge is 0.131 e. The number of fused-ring (bicyclic) bond motifs is 2. The summed E-state index contributed by atoms with van der Waals surface area (Å²) in [6, 6.07) is 0.753. The number of nitrogens with zero attached hydrogens (tertiary/aromatic N) is 3. The normalized spacial score (nSPS) is 25.8. The molecule has 1 saturated carbocycles. The summed E-state index contributed by atoms with van der Waals surface area (Å²) in [5.74, 6) is 2.27. The van der Waals surface area contributed by atoms with Gasteiger partial charge in [0.05, 0.1) is 5.69 Å². The molecule has 0 spiro atoms. The van der Waals surface area contributed by atoms with E-state index >= 15 is 0 Å². The molecule has 0 radical (unpaired) electrons. The number of nitrogens with one attached hydrogen (secondary N) is 1. The van der Waals surface area contributed by atoms with Crippen LogP contribution < -0.4 is 10.2 Å². The molecular formula is C16H28N4. The van der Waals surface area contributed by atoms with E-state index in [-0.39, 0.29) is 5.54 Å². The molecule has 1 aliphatic heterocycles. The van der Waals surface area contributed by atoms with Crippen molar-refractivity contribution in [2.24, 2.45) is 13.0 Å². The SMILES string of the molecule is Cc1nn(C)c(N2CC3CCC2C3)c1CNC(C)(C)C. The highest BCUT2D eigenvalue weighted by Crippen LogP contribution is 2.41. The molecule has 2 unspecified atom stereocenters. The molecule has 0 aromatic carbocycles. The Balaban J connectivity index is 1.86. The van der Waals surface area contributed by atoms with E-state index in [1.807, 2.05) is 0 Å².